The Morgan fingerprint density at radius 1 is 1.28 bits per heavy atom. The Kier molecular flexibility index (Phi) is 5.53. The first-order valence-electron chi connectivity index (χ1n) is 9.21. The van der Waals surface area contributed by atoms with Crippen molar-refractivity contribution < 1.29 is 14.3 Å². The Labute approximate surface area is 172 Å². The summed E-state index contributed by atoms with van der Waals surface area (Å²) < 4.78 is 5.34. The topological polar surface area (TPSA) is 84.4 Å². The third kappa shape index (κ3) is 4.12. The molecule has 1 fully saturated rings. The van der Waals surface area contributed by atoms with E-state index in [-0.39, 0.29) is 18.2 Å². The molecule has 1 aromatic carbocycles. The predicted molar refractivity (Wildman–Crippen MR) is 111 cm³/mol. The van der Waals surface area contributed by atoms with Crippen molar-refractivity contribution in [1.29, 1.82) is 0 Å². The van der Waals surface area contributed by atoms with E-state index in [0.717, 1.165) is 16.3 Å². The highest BCUT2D eigenvalue weighted by atomic mass is 32.1. The average molecular weight is 408 g/mol. The summed E-state index contributed by atoms with van der Waals surface area (Å²) in [5.74, 6) is 0.000610. The van der Waals surface area contributed by atoms with Crippen molar-refractivity contribution >= 4 is 28.8 Å². The molecule has 0 saturated carbocycles. The molecule has 1 saturated heterocycles. The lowest BCUT2D eigenvalue weighted by molar-refractivity contribution is -0.126. The summed E-state index contributed by atoms with van der Waals surface area (Å²) in [6.07, 6.45) is 3.63. The SMILES string of the molecule is COc1ccccc1N1CC(C(=O)NCc2nc(-c3ccncc3)cs2)CC1=O. The number of aromatic nitrogens is 2. The first-order valence-corrected chi connectivity index (χ1v) is 10.1. The molecule has 4 rings (SSSR count). The van der Waals surface area contributed by atoms with Gasteiger partial charge in [0.2, 0.25) is 11.8 Å². The van der Waals surface area contributed by atoms with E-state index in [4.69, 9.17) is 4.74 Å². The number of hydrogen-bond donors (Lipinski definition) is 1. The number of benzene rings is 1. The number of hydrogen-bond acceptors (Lipinski definition) is 6. The lowest BCUT2D eigenvalue weighted by Gasteiger charge is -2.19. The Morgan fingerprint density at radius 2 is 2.07 bits per heavy atom. The normalized spacial score (nSPS) is 16.1. The minimum Gasteiger partial charge on any atom is -0.495 e. The van der Waals surface area contributed by atoms with Gasteiger partial charge in [-0.3, -0.25) is 14.6 Å². The van der Waals surface area contributed by atoms with E-state index in [1.807, 2.05) is 35.7 Å². The minimum atomic E-state index is -0.396. The third-order valence-corrected chi connectivity index (χ3v) is 5.66. The van der Waals surface area contributed by atoms with Gasteiger partial charge in [-0.15, -0.1) is 11.3 Å². The largest absolute Gasteiger partial charge is 0.495 e. The summed E-state index contributed by atoms with van der Waals surface area (Å²) in [7, 11) is 1.57. The summed E-state index contributed by atoms with van der Waals surface area (Å²) in [6, 6.07) is 11.1. The highest BCUT2D eigenvalue weighted by Gasteiger charge is 2.36. The molecule has 1 N–H and O–H groups in total. The smallest absolute Gasteiger partial charge is 0.227 e. The van der Waals surface area contributed by atoms with E-state index in [1.54, 1.807) is 30.5 Å². The quantitative estimate of drug-likeness (QED) is 0.678. The van der Waals surface area contributed by atoms with Crippen LogP contribution in [0.5, 0.6) is 5.75 Å². The van der Waals surface area contributed by atoms with Gasteiger partial charge in [0.15, 0.2) is 0 Å². The molecule has 3 heterocycles. The molecule has 8 heteroatoms. The maximum Gasteiger partial charge on any atom is 0.227 e. The van der Waals surface area contributed by atoms with Crippen LogP contribution in [0.3, 0.4) is 0 Å². The fourth-order valence-electron chi connectivity index (χ4n) is 3.32. The van der Waals surface area contributed by atoms with Crippen LogP contribution in [0.15, 0.2) is 54.2 Å². The summed E-state index contributed by atoms with van der Waals surface area (Å²) in [6.45, 7) is 0.680. The second-order valence-corrected chi connectivity index (χ2v) is 7.60. The van der Waals surface area contributed by atoms with Gasteiger partial charge in [0.25, 0.3) is 0 Å². The molecule has 2 amide bonds. The number of para-hydroxylation sites is 2. The van der Waals surface area contributed by atoms with Crippen LogP contribution in [0.1, 0.15) is 11.4 Å². The maximum atomic E-state index is 12.6. The van der Waals surface area contributed by atoms with E-state index in [2.05, 4.69) is 15.3 Å². The molecule has 1 unspecified atom stereocenters. The second kappa shape index (κ2) is 8.40. The van der Waals surface area contributed by atoms with E-state index in [1.165, 1.54) is 11.3 Å². The number of methoxy groups -OCH3 is 1. The van der Waals surface area contributed by atoms with Crippen LogP contribution in [0.25, 0.3) is 11.3 Å². The van der Waals surface area contributed by atoms with E-state index in [9.17, 15) is 9.59 Å². The number of amides is 2. The summed E-state index contributed by atoms with van der Waals surface area (Å²) in [5, 5.41) is 5.69. The predicted octanol–water partition coefficient (Wildman–Crippen LogP) is 2.88. The summed E-state index contributed by atoms with van der Waals surface area (Å²) >= 11 is 1.49. The van der Waals surface area contributed by atoms with Gasteiger partial charge in [0, 0.05) is 36.3 Å². The molecule has 7 nitrogen and oxygen atoms in total. The molecule has 3 aromatic rings. The summed E-state index contributed by atoms with van der Waals surface area (Å²) in [4.78, 5) is 35.3. The number of thiazole rings is 1. The second-order valence-electron chi connectivity index (χ2n) is 6.66. The van der Waals surface area contributed by atoms with Crippen molar-refractivity contribution in [2.45, 2.75) is 13.0 Å². The van der Waals surface area contributed by atoms with Crippen molar-refractivity contribution in [2.75, 3.05) is 18.6 Å². The van der Waals surface area contributed by atoms with Gasteiger partial charge < -0.3 is 15.0 Å². The monoisotopic (exact) mass is 408 g/mol. The zero-order valence-electron chi connectivity index (χ0n) is 15.9. The number of pyridine rings is 1. The van der Waals surface area contributed by atoms with Crippen LogP contribution in [0, 0.1) is 5.92 Å². The average Bonchev–Trinajstić information content (AvgIpc) is 3.39. The van der Waals surface area contributed by atoms with Gasteiger partial charge >= 0.3 is 0 Å². The Balaban J connectivity index is 1.37. The number of carbonyl (C=O) groups excluding carboxylic acids is 2. The van der Waals surface area contributed by atoms with Gasteiger partial charge in [-0.1, -0.05) is 12.1 Å². The highest BCUT2D eigenvalue weighted by Crippen LogP contribution is 2.32. The van der Waals surface area contributed by atoms with E-state index < -0.39 is 5.92 Å². The number of carbonyl (C=O) groups is 2. The van der Waals surface area contributed by atoms with Crippen LogP contribution in [0.2, 0.25) is 0 Å². The van der Waals surface area contributed by atoms with Crippen molar-refractivity contribution in [1.82, 2.24) is 15.3 Å². The van der Waals surface area contributed by atoms with Crippen molar-refractivity contribution in [3.63, 3.8) is 0 Å². The van der Waals surface area contributed by atoms with Crippen LogP contribution >= 0.6 is 11.3 Å². The fraction of sp³-hybridized carbons (Fsp3) is 0.238. The third-order valence-electron chi connectivity index (χ3n) is 4.81. The molecular formula is C21H20N4O3S. The molecular weight excluding hydrogens is 388 g/mol. The molecule has 2 aromatic heterocycles. The van der Waals surface area contributed by atoms with Gasteiger partial charge in [0.05, 0.1) is 31.0 Å². The summed E-state index contributed by atoms with van der Waals surface area (Å²) in [5.41, 5.74) is 2.54. The van der Waals surface area contributed by atoms with Crippen molar-refractivity contribution in [2.24, 2.45) is 5.92 Å². The van der Waals surface area contributed by atoms with Gasteiger partial charge in [-0.05, 0) is 24.3 Å². The van der Waals surface area contributed by atoms with Gasteiger partial charge in [-0.25, -0.2) is 4.98 Å². The lowest BCUT2D eigenvalue weighted by atomic mass is 10.1. The van der Waals surface area contributed by atoms with Crippen LogP contribution in [0.4, 0.5) is 5.69 Å². The Hall–Kier alpha value is -3.26. The van der Waals surface area contributed by atoms with Gasteiger partial charge in [0.1, 0.15) is 10.8 Å². The molecule has 0 radical (unpaired) electrons. The molecule has 1 aliphatic heterocycles. The molecule has 0 spiro atoms. The number of anilines is 1. The first kappa shape index (κ1) is 19.1. The van der Waals surface area contributed by atoms with Gasteiger partial charge in [-0.2, -0.15) is 0 Å². The zero-order valence-corrected chi connectivity index (χ0v) is 16.7. The molecule has 1 atom stereocenters. The van der Waals surface area contributed by atoms with Crippen molar-refractivity contribution in [3.05, 3.63) is 59.2 Å². The van der Waals surface area contributed by atoms with Crippen molar-refractivity contribution in [3.8, 4) is 17.0 Å². The number of nitrogens with zero attached hydrogens (tertiary/aromatic N) is 3. The van der Waals surface area contributed by atoms with Crippen LogP contribution < -0.4 is 15.0 Å². The number of ether oxygens (including phenoxy) is 1. The molecule has 148 valence electrons. The molecule has 0 bridgehead atoms. The van der Waals surface area contributed by atoms with E-state index in [0.29, 0.717) is 24.5 Å². The fourth-order valence-corrected chi connectivity index (χ4v) is 4.07. The standard InChI is InChI=1S/C21H20N4O3S/c1-28-18-5-3-2-4-17(18)25-12-15(10-20(25)26)21(27)23-11-19-24-16(13-29-19)14-6-8-22-9-7-14/h2-9,13,15H,10-12H2,1H3,(H,23,27). The number of nitrogens with one attached hydrogen (secondary N) is 1. The highest BCUT2D eigenvalue weighted by molar-refractivity contribution is 7.09. The maximum absolute atomic E-state index is 12.6. The molecule has 29 heavy (non-hydrogen) atoms. The van der Waals surface area contributed by atoms with E-state index >= 15 is 0 Å². The zero-order chi connectivity index (χ0) is 20.2. The number of rotatable bonds is 6. The molecule has 1 aliphatic rings. The molecule has 0 aliphatic carbocycles. The minimum absolute atomic E-state index is 0.0797. The first-order chi connectivity index (χ1) is 14.2. The Bertz CT molecular complexity index is 1020. The lowest BCUT2D eigenvalue weighted by Crippen LogP contribution is -2.32. The van der Waals surface area contributed by atoms with Crippen LogP contribution in [-0.2, 0) is 16.1 Å². The Morgan fingerprint density at radius 3 is 2.86 bits per heavy atom. The van der Waals surface area contributed by atoms with Crippen LogP contribution in [-0.4, -0.2) is 35.4 Å².